The molecule has 1 heterocycles. The van der Waals surface area contributed by atoms with Crippen LogP contribution in [-0.2, 0) is 0 Å². The molecule has 0 aliphatic heterocycles. The maximum atomic E-state index is 4.38. The summed E-state index contributed by atoms with van der Waals surface area (Å²) < 4.78 is 0. The Kier molecular flexibility index (Phi) is 2.98. The summed E-state index contributed by atoms with van der Waals surface area (Å²) in [4.78, 5) is 8.51. The fraction of sp³-hybridized carbons (Fsp3) is 0.0667. The zero-order chi connectivity index (χ0) is 13.1. The van der Waals surface area contributed by atoms with E-state index in [9.17, 15) is 0 Å². The number of aromatic nitrogens is 2. The number of benzene rings is 2. The van der Waals surface area contributed by atoms with Gasteiger partial charge in [0.2, 0.25) is 0 Å². The summed E-state index contributed by atoms with van der Waals surface area (Å²) >= 11 is 0. The van der Waals surface area contributed by atoms with Gasteiger partial charge in [-0.2, -0.15) is 0 Å². The Labute approximate surface area is 111 Å². The highest BCUT2D eigenvalue weighted by molar-refractivity contribution is 5.86. The van der Waals surface area contributed by atoms with E-state index in [0.717, 1.165) is 17.3 Å². The summed E-state index contributed by atoms with van der Waals surface area (Å²) in [7, 11) is 1.82. The molecule has 0 radical (unpaired) electrons. The third-order valence-corrected chi connectivity index (χ3v) is 2.91. The van der Waals surface area contributed by atoms with Crippen LogP contribution >= 0.6 is 0 Å². The van der Waals surface area contributed by atoms with E-state index in [0.29, 0.717) is 0 Å². The van der Waals surface area contributed by atoms with Gasteiger partial charge in [-0.3, -0.25) is 4.98 Å². The Bertz CT molecular complexity index is 709. The molecule has 1 aromatic heterocycles. The van der Waals surface area contributed by atoms with Gasteiger partial charge in [0.25, 0.3) is 0 Å². The molecule has 2 aromatic carbocycles. The second-order valence-corrected chi connectivity index (χ2v) is 4.23. The van der Waals surface area contributed by atoms with E-state index in [-0.39, 0.29) is 0 Å². The first-order chi connectivity index (χ1) is 9.35. The minimum atomic E-state index is 0.724. The van der Waals surface area contributed by atoms with E-state index in [4.69, 9.17) is 0 Å². The van der Waals surface area contributed by atoms with Gasteiger partial charge in [-0.05, 0) is 22.9 Å². The van der Waals surface area contributed by atoms with Gasteiger partial charge in [0, 0.05) is 12.7 Å². The molecule has 0 fully saturated rings. The molecule has 3 aromatic rings. The zero-order valence-electron chi connectivity index (χ0n) is 10.6. The number of hydrogen-bond acceptors (Lipinski definition) is 4. The summed E-state index contributed by atoms with van der Waals surface area (Å²) in [5.41, 5.74) is 1.00. The number of hydrogen-bond donors (Lipinski definition) is 2. The van der Waals surface area contributed by atoms with E-state index in [1.807, 2.05) is 25.2 Å². The second kappa shape index (κ2) is 4.94. The Hall–Kier alpha value is -2.62. The SMILES string of the molecule is CNc1cncc(Nc2ccc3ccccc3c2)n1. The van der Waals surface area contributed by atoms with Crippen LogP contribution in [0.5, 0.6) is 0 Å². The van der Waals surface area contributed by atoms with Gasteiger partial charge < -0.3 is 10.6 Å². The van der Waals surface area contributed by atoms with Crippen molar-refractivity contribution in [2.24, 2.45) is 0 Å². The number of nitrogens with zero attached hydrogens (tertiary/aromatic N) is 2. The van der Waals surface area contributed by atoms with E-state index >= 15 is 0 Å². The molecule has 0 aliphatic rings. The zero-order valence-corrected chi connectivity index (χ0v) is 10.6. The average molecular weight is 250 g/mol. The third-order valence-electron chi connectivity index (χ3n) is 2.91. The topological polar surface area (TPSA) is 49.8 Å². The Morgan fingerprint density at radius 2 is 1.68 bits per heavy atom. The molecule has 4 nitrogen and oxygen atoms in total. The van der Waals surface area contributed by atoms with E-state index in [1.165, 1.54) is 10.8 Å². The molecule has 0 amide bonds. The smallest absolute Gasteiger partial charge is 0.151 e. The highest BCUT2D eigenvalue weighted by atomic mass is 15.1. The van der Waals surface area contributed by atoms with Crippen molar-refractivity contribution in [3.05, 3.63) is 54.9 Å². The standard InChI is InChI=1S/C15H14N4/c1-16-14-9-17-10-15(19-14)18-13-7-6-11-4-2-3-5-12(11)8-13/h2-10H,1H3,(H2,16,18,19). The largest absolute Gasteiger partial charge is 0.372 e. The molecule has 0 atom stereocenters. The van der Waals surface area contributed by atoms with Crippen LogP contribution < -0.4 is 10.6 Å². The van der Waals surface area contributed by atoms with Gasteiger partial charge in [-0.15, -0.1) is 0 Å². The molecule has 94 valence electrons. The first-order valence-electron chi connectivity index (χ1n) is 6.11. The lowest BCUT2D eigenvalue weighted by Gasteiger charge is -2.07. The maximum Gasteiger partial charge on any atom is 0.151 e. The number of fused-ring (bicyclic) bond motifs is 1. The Morgan fingerprint density at radius 1 is 0.895 bits per heavy atom. The van der Waals surface area contributed by atoms with Crippen molar-refractivity contribution in [2.45, 2.75) is 0 Å². The van der Waals surface area contributed by atoms with Gasteiger partial charge in [0.1, 0.15) is 5.82 Å². The van der Waals surface area contributed by atoms with Gasteiger partial charge in [0.15, 0.2) is 5.82 Å². The second-order valence-electron chi connectivity index (χ2n) is 4.23. The van der Waals surface area contributed by atoms with Crippen LogP contribution in [0.15, 0.2) is 54.9 Å². The molecule has 3 rings (SSSR count). The van der Waals surface area contributed by atoms with E-state index < -0.39 is 0 Å². The van der Waals surface area contributed by atoms with Crippen molar-refractivity contribution < 1.29 is 0 Å². The Morgan fingerprint density at radius 3 is 2.53 bits per heavy atom. The van der Waals surface area contributed by atoms with Crippen molar-refractivity contribution in [1.82, 2.24) is 9.97 Å². The van der Waals surface area contributed by atoms with Gasteiger partial charge in [-0.1, -0.05) is 30.3 Å². The van der Waals surface area contributed by atoms with Crippen molar-refractivity contribution in [1.29, 1.82) is 0 Å². The average Bonchev–Trinajstić information content (AvgIpc) is 2.47. The maximum absolute atomic E-state index is 4.38. The lowest BCUT2D eigenvalue weighted by atomic mass is 10.1. The third kappa shape index (κ3) is 2.47. The summed E-state index contributed by atoms with van der Waals surface area (Å²) in [5.74, 6) is 1.47. The van der Waals surface area contributed by atoms with Crippen molar-refractivity contribution in [3.8, 4) is 0 Å². The summed E-state index contributed by atoms with van der Waals surface area (Å²) in [6, 6.07) is 14.5. The normalized spacial score (nSPS) is 10.4. The number of rotatable bonds is 3. The molecular formula is C15H14N4. The minimum Gasteiger partial charge on any atom is -0.372 e. The molecule has 0 unspecified atom stereocenters. The minimum absolute atomic E-state index is 0.724. The van der Waals surface area contributed by atoms with Crippen LogP contribution in [0.25, 0.3) is 10.8 Å². The Balaban J connectivity index is 1.92. The summed E-state index contributed by atoms with van der Waals surface area (Å²) in [6.07, 6.45) is 3.39. The van der Waals surface area contributed by atoms with Crippen LogP contribution in [0, 0.1) is 0 Å². The van der Waals surface area contributed by atoms with Crippen LogP contribution in [0.1, 0.15) is 0 Å². The molecule has 0 bridgehead atoms. The van der Waals surface area contributed by atoms with Crippen molar-refractivity contribution in [3.63, 3.8) is 0 Å². The summed E-state index contributed by atoms with van der Waals surface area (Å²) in [5, 5.41) is 8.65. The van der Waals surface area contributed by atoms with Crippen LogP contribution in [-0.4, -0.2) is 17.0 Å². The molecule has 2 N–H and O–H groups in total. The molecule has 0 saturated heterocycles. The predicted molar refractivity (Wildman–Crippen MR) is 78.8 cm³/mol. The van der Waals surface area contributed by atoms with Gasteiger partial charge in [-0.25, -0.2) is 4.98 Å². The fourth-order valence-electron chi connectivity index (χ4n) is 1.96. The highest BCUT2D eigenvalue weighted by Gasteiger charge is 1.99. The van der Waals surface area contributed by atoms with Crippen LogP contribution in [0.4, 0.5) is 17.3 Å². The highest BCUT2D eigenvalue weighted by Crippen LogP contribution is 2.21. The van der Waals surface area contributed by atoms with E-state index in [1.54, 1.807) is 12.4 Å². The lowest BCUT2D eigenvalue weighted by molar-refractivity contribution is 1.18. The van der Waals surface area contributed by atoms with E-state index in [2.05, 4.69) is 44.9 Å². The molecule has 0 aliphatic carbocycles. The van der Waals surface area contributed by atoms with Crippen LogP contribution in [0.3, 0.4) is 0 Å². The first-order valence-corrected chi connectivity index (χ1v) is 6.11. The molecule has 0 spiro atoms. The lowest BCUT2D eigenvalue weighted by Crippen LogP contribution is -1.98. The van der Waals surface area contributed by atoms with Gasteiger partial charge >= 0.3 is 0 Å². The molecular weight excluding hydrogens is 236 g/mol. The molecule has 4 heteroatoms. The number of nitrogens with one attached hydrogen (secondary N) is 2. The van der Waals surface area contributed by atoms with Crippen molar-refractivity contribution in [2.75, 3.05) is 17.7 Å². The van der Waals surface area contributed by atoms with Gasteiger partial charge in [0.05, 0.1) is 12.4 Å². The molecule has 0 saturated carbocycles. The quantitative estimate of drug-likeness (QED) is 0.748. The van der Waals surface area contributed by atoms with Crippen LogP contribution in [0.2, 0.25) is 0 Å². The summed E-state index contributed by atoms with van der Waals surface area (Å²) in [6.45, 7) is 0. The predicted octanol–water partition coefficient (Wildman–Crippen LogP) is 3.42. The monoisotopic (exact) mass is 250 g/mol. The molecule has 19 heavy (non-hydrogen) atoms. The fourth-order valence-corrected chi connectivity index (χ4v) is 1.96. The first kappa shape index (κ1) is 11.5. The van der Waals surface area contributed by atoms with Crippen molar-refractivity contribution >= 4 is 28.1 Å². The number of anilines is 3.